The van der Waals surface area contributed by atoms with Crippen LogP contribution in [-0.4, -0.2) is 62.4 Å². The molecule has 30 heavy (non-hydrogen) atoms. The summed E-state index contributed by atoms with van der Waals surface area (Å²) in [6, 6.07) is 14.7. The van der Waals surface area contributed by atoms with Gasteiger partial charge in [-0.15, -0.1) is 0 Å². The number of piperazine rings is 1. The van der Waals surface area contributed by atoms with Gasteiger partial charge in [0.15, 0.2) is 0 Å². The molecule has 0 aromatic heterocycles. The first-order valence-corrected chi connectivity index (χ1v) is 10.4. The van der Waals surface area contributed by atoms with Gasteiger partial charge in [0.25, 0.3) is 11.8 Å². The highest BCUT2D eigenvalue weighted by Gasteiger charge is 2.34. The summed E-state index contributed by atoms with van der Waals surface area (Å²) in [4.78, 5) is 42.4. The molecule has 3 amide bonds. The molecule has 2 aliphatic heterocycles. The van der Waals surface area contributed by atoms with Crippen molar-refractivity contribution < 1.29 is 19.3 Å². The van der Waals surface area contributed by atoms with E-state index >= 15 is 0 Å². The molecule has 0 bridgehead atoms. The summed E-state index contributed by atoms with van der Waals surface area (Å²) in [6.45, 7) is 4.30. The minimum Gasteiger partial charge on any atom is -0.359 e. The van der Waals surface area contributed by atoms with Gasteiger partial charge in [-0.1, -0.05) is 24.3 Å². The van der Waals surface area contributed by atoms with Crippen molar-refractivity contribution in [2.24, 2.45) is 0 Å². The predicted molar refractivity (Wildman–Crippen MR) is 115 cm³/mol. The van der Waals surface area contributed by atoms with Crippen LogP contribution in [0.2, 0.25) is 0 Å². The molecular weight excluding hydrogens is 380 g/mol. The van der Waals surface area contributed by atoms with Gasteiger partial charge in [0.2, 0.25) is 5.91 Å². The van der Waals surface area contributed by atoms with E-state index in [1.54, 1.807) is 24.3 Å². The number of anilines is 2. The number of nitrogens with zero attached hydrogens (tertiary/aromatic N) is 2. The lowest BCUT2D eigenvalue weighted by Gasteiger charge is -2.33. The molecule has 0 radical (unpaired) electrons. The fourth-order valence-electron chi connectivity index (χ4n) is 4.04. The highest BCUT2D eigenvalue weighted by molar-refractivity contribution is 6.21. The molecule has 2 N–H and O–H groups in total. The maximum atomic E-state index is 12.5. The fourth-order valence-corrected chi connectivity index (χ4v) is 4.04. The standard InChI is InChI=1S/C23H26N4O3/c1-25-13-15-26(16-14-25)20-10-5-4-9-19(20)24-21(28)11-6-12-27-22(29)17-7-2-3-8-18(17)23(27)30/h2-5,7-10H,6,11-16H2,1H3,(H,24,28)/p+1. The third-order valence-electron chi connectivity index (χ3n) is 5.80. The number of fused-ring (bicyclic) bond motifs is 1. The molecule has 2 aromatic carbocycles. The molecule has 7 heteroatoms. The Kier molecular flexibility index (Phi) is 5.81. The van der Waals surface area contributed by atoms with Gasteiger partial charge in [0.05, 0.1) is 55.7 Å². The second-order valence-electron chi connectivity index (χ2n) is 7.92. The second kappa shape index (κ2) is 8.67. The van der Waals surface area contributed by atoms with E-state index < -0.39 is 0 Å². The Morgan fingerprint density at radius 2 is 1.57 bits per heavy atom. The number of amides is 3. The molecule has 0 aliphatic carbocycles. The van der Waals surface area contributed by atoms with Crippen LogP contribution >= 0.6 is 0 Å². The van der Waals surface area contributed by atoms with E-state index in [-0.39, 0.29) is 30.7 Å². The van der Waals surface area contributed by atoms with Crippen molar-refractivity contribution in [2.45, 2.75) is 12.8 Å². The third kappa shape index (κ3) is 4.07. The number of para-hydroxylation sites is 2. The summed E-state index contributed by atoms with van der Waals surface area (Å²) >= 11 is 0. The van der Waals surface area contributed by atoms with Gasteiger partial charge in [0.1, 0.15) is 0 Å². The zero-order chi connectivity index (χ0) is 21.1. The van der Waals surface area contributed by atoms with Crippen molar-refractivity contribution in [1.29, 1.82) is 0 Å². The van der Waals surface area contributed by atoms with Gasteiger partial charge in [-0.3, -0.25) is 19.3 Å². The van der Waals surface area contributed by atoms with Crippen molar-refractivity contribution in [3.05, 3.63) is 59.7 Å². The first-order valence-electron chi connectivity index (χ1n) is 10.4. The summed E-state index contributed by atoms with van der Waals surface area (Å²) in [5.41, 5.74) is 2.73. The van der Waals surface area contributed by atoms with Crippen LogP contribution in [0.4, 0.5) is 11.4 Å². The van der Waals surface area contributed by atoms with Crippen LogP contribution in [0.5, 0.6) is 0 Å². The molecule has 0 unspecified atom stereocenters. The van der Waals surface area contributed by atoms with E-state index in [2.05, 4.69) is 17.3 Å². The van der Waals surface area contributed by atoms with E-state index in [1.807, 2.05) is 24.3 Å². The highest BCUT2D eigenvalue weighted by atomic mass is 16.2. The number of imide groups is 1. The Balaban J connectivity index is 1.32. The van der Waals surface area contributed by atoms with Gasteiger partial charge >= 0.3 is 0 Å². The Morgan fingerprint density at radius 1 is 0.967 bits per heavy atom. The van der Waals surface area contributed by atoms with E-state index in [0.29, 0.717) is 17.5 Å². The summed E-state index contributed by atoms with van der Waals surface area (Å²) in [7, 11) is 2.19. The first-order chi connectivity index (χ1) is 14.5. The fraction of sp³-hybridized carbons (Fsp3) is 0.348. The Bertz CT molecular complexity index is 931. The number of hydrogen-bond acceptors (Lipinski definition) is 4. The van der Waals surface area contributed by atoms with Gasteiger partial charge in [-0.2, -0.15) is 0 Å². The Labute approximate surface area is 176 Å². The average molecular weight is 407 g/mol. The summed E-state index contributed by atoms with van der Waals surface area (Å²) in [6.07, 6.45) is 0.673. The molecular formula is C23H27N4O3+. The average Bonchev–Trinajstić information content (AvgIpc) is 3.00. The van der Waals surface area contributed by atoms with Crippen LogP contribution in [0.3, 0.4) is 0 Å². The quantitative estimate of drug-likeness (QED) is 0.702. The molecule has 2 heterocycles. The molecule has 1 fully saturated rings. The van der Waals surface area contributed by atoms with Gasteiger partial charge in [-0.05, 0) is 30.7 Å². The van der Waals surface area contributed by atoms with Crippen molar-refractivity contribution in [3.8, 4) is 0 Å². The monoisotopic (exact) mass is 407 g/mol. The Hall–Kier alpha value is -3.19. The number of carbonyl (C=O) groups excluding carboxylic acids is 3. The molecule has 4 rings (SSSR count). The molecule has 156 valence electrons. The van der Waals surface area contributed by atoms with E-state index in [1.165, 1.54) is 9.80 Å². The third-order valence-corrected chi connectivity index (χ3v) is 5.80. The van der Waals surface area contributed by atoms with Crippen LogP contribution in [0.1, 0.15) is 33.6 Å². The van der Waals surface area contributed by atoms with E-state index in [0.717, 1.165) is 37.6 Å². The molecule has 1 saturated heterocycles. The van der Waals surface area contributed by atoms with Gasteiger partial charge in [0, 0.05) is 13.0 Å². The molecule has 2 aromatic rings. The zero-order valence-electron chi connectivity index (χ0n) is 17.2. The number of hydrogen-bond donors (Lipinski definition) is 2. The van der Waals surface area contributed by atoms with E-state index in [9.17, 15) is 14.4 Å². The number of likely N-dealkylation sites (N-methyl/N-ethyl adjacent to an activating group) is 1. The van der Waals surface area contributed by atoms with Crippen LogP contribution in [0.25, 0.3) is 0 Å². The number of carbonyl (C=O) groups is 3. The minimum absolute atomic E-state index is 0.112. The first kappa shape index (κ1) is 20.1. The molecule has 0 atom stereocenters. The number of nitrogens with one attached hydrogen (secondary N) is 2. The van der Waals surface area contributed by atoms with Crippen LogP contribution in [-0.2, 0) is 4.79 Å². The Morgan fingerprint density at radius 3 is 2.23 bits per heavy atom. The zero-order valence-corrected chi connectivity index (χ0v) is 17.2. The van der Waals surface area contributed by atoms with Crippen LogP contribution < -0.4 is 15.1 Å². The van der Waals surface area contributed by atoms with Gasteiger partial charge in [-0.25, -0.2) is 0 Å². The summed E-state index contributed by atoms with van der Waals surface area (Å²) in [5.74, 6) is -0.670. The van der Waals surface area contributed by atoms with Crippen molar-refractivity contribution in [3.63, 3.8) is 0 Å². The topological polar surface area (TPSA) is 74.2 Å². The molecule has 2 aliphatic rings. The number of quaternary nitrogens is 1. The SMILES string of the molecule is C[NH+]1CCN(c2ccccc2NC(=O)CCCN2C(=O)c3ccccc3C2=O)CC1. The van der Waals surface area contributed by atoms with Gasteiger partial charge < -0.3 is 15.1 Å². The highest BCUT2D eigenvalue weighted by Crippen LogP contribution is 2.26. The van der Waals surface area contributed by atoms with Crippen molar-refractivity contribution >= 4 is 29.1 Å². The summed E-state index contributed by atoms with van der Waals surface area (Å²) < 4.78 is 0. The lowest BCUT2D eigenvalue weighted by molar-refractivity contribution is -0.880. The smallest absolute Gasteiger partial charge is 0.261 e. The van der Waals surface area contributed by atoms with Crippen LogP contribution in [0, 0.1) is 0 Å². The van der Waals surface area contributed by atoms with Crippen molar-refractivity contribution in [1.82, 2.24) is 4.90 Å². The maximum absolute atomic E-state index is 12.5. The lowest BCUT2D eigenvalue weighted by Crippen LogP contribution is -3.12. The normalized spacial score (nSPS) is 16.7. The van der Waals surface area contributed by atoms with Crippen LogP contribution in [0.15, 0.2) is 48.5 Å². The maximum Gasteiger partial charge on any atom is 0.261 e. The molecule has 7 nitrogen and oxygen atoms in total. The largest absolute Gasteiger partial charge is 0.359 e. The minimum atomic E-state index is -0.279. The predicted octanol–water partition coefficient (Wildman–Crippen LogP) is 1.04. The van der Waals surface area contributed by atoms with Crippen molar-refractivity contribution in [2.75, 3.05) is 50.0 Å². The number of rotatable bonds is 6. The molecule has 0 saturated carbocycles. The summed E-state index contributed by atoms with van der Waals surface area (Å²) in [5, 5.41) is 3.01. The second-order valence-corrected chi connectivity index (χ2v) is 7.92. The molecule has 0 spiro atoms. The van der Waals surface area contributed by atoms with E-state index in [4.69, 9.17) is 0 Å². The number of benzene rings is 2. The lowest BCUT2D eigenvalue weighted by atomic mass is 10.1.